The Morgan fingerprint density at radius 2 is 2.46 bits per heavy atom. The molecule has 0 amide bonds. The lowest BCUT2D eigenvalue weighted by molar-refractivity contribution is -0.141. The first kappa shape index (κ1) is 10.5. The van der Waals surface area contributed by atoms with Gasteiger partial charge in [0.05, 0.1) is 7.11 Å². The van der Waals surface area contributed by atoms with E-state index in [1.165, 1.54) is 7.11 Å². The summed E-state index contributed by atoms with van der Waals surface area (Å²) in [5.74, 6) is 0.283. The van der Waals surface area contributed by atoms with Crippen molar-refractivity contribution in [1.29, 1.82) is 0 Å². The van der Waals surface area contributed by atoms with Crippen molar-refractivity contribution < 1.29 is 9.53 Å². The Kier molecular flexibility index (Phi) is 4.18. The molecule has 1 heterocycles. The zero-order chi connectivity index (χ0) is 9.68. The Balaban J connectivity index is 2.22. The van der Waals surface area contributed by atoms with Gasteiger partial charge in [-0.15, -0.1) is 0 Å². The summed E-state index contributed by atoms with van der Waals surface area (Å²) in [5.41, 5.74) is 5.91. The van der Waals surface area contributed by atoms with Gasteiger partial charge in [0.1, 0.15) is 0 Å². The van der Waals surface area contributed by atoms with Crippen molar-refractivity contribution in [2.75, 3.05) is 20.2 Å². The lowest BCUT2D eigenvalue weighted by Gasteiger charge is -2.28. The maximum atomic E-state index is 10.9. The maximum Gasteiger partial charge on any atom is 0.305 e. The largest absolute Gasteiger partial charge is 0.469 e. The number of esters is 1. The van der Waals surface area contributed by atoms with Crippen LogP contribution in [0.3, 0.4) is 0 Å². The predicted molar refractivity (Wildman–Crippen MR) is 50.2 cm³/mol. The maximum absolute atomic E-state index is 10.9. The van der Waals surface area contributed by atoms with Crippen LogP contribution >= 0.6 is 0 Å². The molecule has 0 spiro atoms. The van der Waals surface area contributed by atoms with Crippen molar-refractivity contribution in [2.24, 2.45) is 11.7 Å². The molecule has 3 N–H and O–H groups in total. The molecule has 0 radical (unpaired) electrons. The quantitative estimate of drug-likeness (QED) is 0.603. The Labute approximate surface area is 78.8 Å². The Morgan fingerprint density at radius 3 is 3.08 bits per heavy atom. The first-order valence-corrected chi connectivity index (χ1v) is 4.77. The van der Waals surface area contributed by atoms with E-state index in [1.54, 1.807) is 0 Å². The number of hydrogen-bond acceptors (Lipinski definition) is 4. The third kappa shape index (κ3) is 3.32. The molecule has 1 rings (SSSR count). The van der Waals surface area contributed by atoms with E-state index in [0.717, 1.165) is 25.9 Å². The SMILES string of the molecule is COC(=O)CC[C@H]1CNCC[C@@H]1N. The van der Waals surface area contributed by atoms with Crippen molar-refractivity contribution in [1.82, 2.24) is 5.32 Å². The molecule has 2 atom stereocenters. The molecule has 1 saturated heterocycles. The fourth-order valence-corrected chi connectivity index (χ4v) is 1.66. The standard InChI is InChI=1S/C9H18N2O2/c1-13-9(12)3-2-7-6-11-5-4-8(7)10/h7-8,11H,2-6,10H2,1H3/t7-,8-/m0/s1. The molecule has 76 valence electrons. The Morgan fingerprint density at radius 1 is 1.69 bits per heavy atom. The third-order valence-electron chi connectivity index (χ3n) is 2.61. The van der Waals surface area contributed by atoms with Crippen molar-refractivity contribution in [3.8, 4) is 0 Å². The number of nitrogens with one attached hydrogen (secondary N) is 1. The number of carbonyl (C=O) groups is 1. The van der Waals surface area contributed by atoms with Crippen LogP contribution in [-0.4, -0.2) is 32.2 Å². The van der Waals surface area contributed by atoms with Crippen LogP contribution in [0.4, 0.5) is 0 Å². The summed E-state index contributed by atoms with van der Waals surface area (Å²) in [4.78, 5) is 10.9. The molecule has 1 aliphatic heterocycles. The molecule has 13 heavy (non-hydrogen) atoms. The highest BCUT2D eigenvalue weighted by molar-refractivity contribution is 5.69. The second-order valence-corrected chi connectivity index (χ2v) is 3.53. The molecule has 0 bridgehead atoms. The van der Waals surface area contributed by atoms with Gasteiger partial charge in [-0.2, -0.15) is 0 Å². The van der Waals surface area contributed by atoms with Gasteiger partial charge < -0.3 is 15.8 Å². The molecule has 0 unspecified atom stereocenters. The average molecular weight is 186 g/mol. The number of hydrogen-bond donors (Lipinski definition) is 2. The number of ether oxygens (including phenoxy) is 1. The smallest absolute Gasteiger partial charge is 0.305 e. The molecule has 1 fully saturated rings. The fourth-order valence-electron chi connectivity index (χ4n) is 1.66. The Bertz CT molecular complexity index is 173. The lowest BCUT2D eigenvalue weighted by Crippen LogP contribution is -2.44. The summed E-state index contributed by atoms with van der Waals surface area (Å²) in [6.45, 7) is 1.92. The van der Waals surface area contributed by atoms with Crippen LogP contribution in [0, 0.1) is 5.92 Å². The van der Waals surface area contributed by atoms with Crippen LogP contribution in [0.15, 0.2) is 0 Å². The molecule has 0 aromatic heterocycles. The molecule has 0 aromatic rings. The molecule has 0 aromatic carbocycles. The topological polar surface area (TPSA) is 64.3 Å². The zero-order valence-electron chi connectivity index (χ0n) is 8.08. The summed E-state index contributed by atoms with van der Waals surface area (Å²) < 4.78 is 4.58. The van der Waals surface area contributed by atoms with Gasteiger partial charge >= 0.3 is 5.97 Å². The fraction of sp³-hybridized carbons (Fsp3) is 0.889. The van der Waals surface area contributed by atoms with Crippen LogP contribution in [0.2, 0.25) is 0 Å². The van der Waals surface area contributed by atoms with Crippen molar-refractivity contribution in [2.45, 2.75) is 25.3 Å². The van der Waals surface area contributed by atoms with Crippen LogP contribution < -0.4 is 11.1 Å². The molecule has 4 nitrogen and oxygen atoms in total. The zero-order valence-corrected chi connectivity index (χ0v) is 8.08. The molecule has 4 heteroatoms. The van der Waals surface area contributed by atoms with Gasteiger partial charge in [-0.3, -0.25) is 4.79 Å². The first-order chi connectivity index (χ1) is 6.24. The van der Waals surface area contributed by atoms with E-state index in [0.29, 0.717) is 12.3 Å². The second-order valence-electron chi connectivity index (χ2n) is 3.53. The minimum atomic E-state index is -0.141. The van der Waals surface area contributed by atoms with Gasteiger partial charge in [-0.25, -0.2) is 0 Å². The minimum Gasteiger partial charge on any atom is -0.469 e. The summed E-state index contributed by atoms with van der Waals surface area (Å²) in [7, 11) is 1.42. The van der Waals surface area contributed by atoms with Crippen molar-refractivity contribution >= 4 is 5.97 Å². The van der Waals surface area contributed by atoms with Crippen molar-refractivity contribution in [3.05, 3.63) is 0 Å². The summed E-state index contributed by atoms with van der Waals surface area (Å²) in [6.07, 6.45) is 2.32. The molecule has 0 saturated carbocycles. The highest BCUT2D eigenvalue weighted by atomic mass is 16.5. The normalized spacial score (nSPS) is 28.5. The van der Waals surface area contributed by atoms with E-state index < -0.39 is 0 Å². The highest BCUT2D eigenvalue weighted by Crippen LogP contribution is 2.15. The molecular formula is C9H18N2O2. The molecular weight excluding hydrogens is 168 g/mol. The third-order valence-corrected chi connectivity index (χ3v) is 2.61. The van der Waals surface area contributed by atoms with Gasteiger partial charge in [0.15, 0.2) is 0 Å². The van der Waals surface area contributed by atoms with Crippen LogP contribution in [0.5, 0.6) is 0 Å². The summed E-state index contributed by atoms with van der Waals surface area (Å²) >= 11 is 0. The summed E-state index contributed by atoms with van der Waals surface area (Å²) in [5, 5.41) is 3.27. The van der Waals surface area contributed by atoms with Crippen molar-refractivity contribution in [3.63, 3.8) is 0 Å². The Hall–Kier alpha value is -0.610. The van der Waals surface area contributed by atoms with Gasteiger partial charge in [0.2, 0.25) is 0 Å². The number of piperidine rings is 1. The van der Waals surface area contributed by atoms with E-state index in [4.69, 9.17) is 5.73 Å². The van der Waals surface area contributed by atoms with Gasteiger partial charge in [-0.1, -0.05) is 0 Å². The molecule has 1 aliphatic rings. The lowest BCUT2D eigenvalue weighted by atomic mass is 9.90. The van der Waals surface area contributed by atoms with E-state index in [9.17, 15) is 4.79 Å². The minimum absolute atomic E-state index is 0.141. The number of nitrogens with two attached hydrogens (primary N) is 1. The van der Waals surface area contributed by atoms with Crippen LogP contribution in [0.1, 0.15) is 19.3 Å². The van der Waals surface area contributed by atoms with E-state index in [1.807, 2.05) is 0 Å². The number of carbonyl (C=O) groups excluding carboxylic acids is 1. The average Bonchev–Trinajstić information content (AvgIpc) is 2.16. The predicted octanol–water partition coefficient (Wildman–Crippen LogP) is -0.124. The monoisotopic (exact) mass is 186 g/mol. The number of methoxy groups -OCH3 is 1. The molecule has 0 aliphatic carbocycles. The van der Waals surface area contributed by atoms with Crippen LogP contribution in [0.25, 0.3) is 0 Å². The highest BCUT2D eigenvalue weighted by Gasteiger charge is 2.21. The van der Waals surface area contributed by atoms with Gasteiger partial charge in [0, 0.05) is 12.5 Å². The van der Waals surface area contributed by atoms with Crippen LogP contribution in [-0.2, 0) is 9.53 Å². The number of rotatable bonds is 3. The summed E-state index contributed by atoms with van der Waals surface area (Å²) in [6, 6.07) is 0.242. The van der Waals surface area contributed by atoms with E-state index in [-0.39, 0.29) is 12.0 Å². The van der Waals surface area contributed by atoms with E-state index in [2.05, 4.69) is 10.1 Å². The van der Waals surface area contributed by atoms with Gasteiger partial charge in [0.25, 0.3) is 0 Å². The van der Waals surface area contributed by atoms with E-state index >= 15 is 0 Å². The first-order valence-electron chi connectivity index (χ1n) is 4.77. The van der Waals surface area contributed by atoms with Gasteiger partial charge in [-0.05, 0) is 31.8 Å². The second kappa shape index (κ2) is 5.19.